The van der Waals surface area contributed by atoms with Crippen molar-refractivity contribution in [3.8, 4) is 5.75 Å². The zero-order valence-corrected chi connectivity index (χ0v) is 19.2. The number of benzene rings is 1. The van der Waals surface area contributed by atoms with Gasteiger partial charge in [-0.05, 0) is 69.9 Å². The summed E-state index contributed by atoms with van der Waals surface area (Å²) in [7, 11) is 0. The molecule has 2 aliphatic heterocycles. The Balaban J connectivity index is 1.19. The molecule has 4 fully saturated rings. The molecule has 34 heavy (non-hydrogen) atoms. The second-order valence-electron chi connectivity index (χ2n) is 10.1. The fourth-order valence-electron chi connectivity index (χ4n) is 5.67. The first kappa shape index (κ1) is 21.8. The third-order valence-corrected chi connectivity index (χ3v) is 7.58. The Bertz CT molecular complexity index is 1050. The second-order valence-corrected chi connectivity index (χ2v) is 10.1. The highest BCUT2D eigenvalue weighted by atomic mass is 19.1. The number of nitrogens with one attached hydrogen (secondary N) is 1. The zero-order chi connectivity index (χ0) is 23.2. The molecule has 2 aliphatic carbocycles. The second kappa shape index (κ2) is 8.83. The number of halogens is 2. The van der Waals surface area contributed by atoms with E-state index >= 15 is 0 Å². The average molecular weight is 473 g/mol. The minimum Gasteiger partial charge on any atom is -0.484 e. The highest BCUT2D eigenvalue weighted by Gasteiger charge is 2.47. The fourth-order valence-corrected chi connectivity index (χ4v) is 5.67. The lowest BCUT2D eigenvalue weighted by Gasteiger charge is -2.17. The first-order valence-electron chi connectivity index (χ1n) is 12.5. The first-order valence-corrected chi connectivity index (χ1v) is 12.5. The Morgan fingerprint density at radius 1 is 1.03 bits per heavy atom. The Kier molecular flexibility index (Phi) is 5.67. The van der Waals surface area contributed by atoms with Crippen molar-refractivity contribution in [3.63, 3.8) is 0 Å². The molecule has 0 spiro atoms. The van der Waals surface area contributed by atoms with Gasteiger partial charge in [0, 0.05) is 30.9 Å². The standard InChI is InChI=1S/C25H30F2N4O3/c26-19-12-17(13-20(27)23(19)33-18-10-15-9-16(15)11-18)28-24(32)22-21(14-30-5-1-2-6-30)34-25(29-22)31-7-3-4-8-31/h12-13,15-16,18H,1-11,14H2,(H,28,32). The van der Waals surface area contributed by atoms with Crippen LogP contribution in [0.2, 0.25) is 0 Å². The summed E-state index contributed by atoms with van der Waals surface area (Å²) in [5.74, 6) is -0.739. The largest absolute Gasteiger partial charge is 0.484 e. The molecule has 2 atom stereocenters. The molecule has 1 N–H and O–H groups in total. The summed E-state index contributed by atoms with van der Waals surface area (Å²) in [6, 6.07) is 2.65. The van der Waals surface area contributed by atoms with Crippen LogP contribution in [-0.4, -0.2) is 48.1 Å². The van der Waals surface area contributed by atoms with Crippen LogP contribution in [0.1, 0.15) is 61.2 Å². The summed E-state index contributed by atoms with van der Waals surface area (Å²) in [4.78, 5) is 21.9. The molecule has 9 heteroatoms. The van der Waals surface area contributed by atoms with Gasteiger partial charge in [-0.1, -0.05) is 0 Å². The third kappa shape index (κ3) is 4.37. The van der Waals surface area contributed by atoms with Gasteiger partial charge in [-0.15, -0.1) is 0 Å². The summed E-state index contributed by atoms with van der Waals surface area (Å²) in [5, 5.41) is 2.61. The van der Waals surface area contributed by atoms with Crippen molar-refractivity contribution in [1.29, 1.82) is 0 Å². The van der Waals surface area contributed by atoms with E-state index in [1.54, 1.807) is 0 Å². The van der Waals surface area contributed by atoms with Crippen molar-refractivity contribution in [2.24, 2.45) is 11.8 Å². The lowest BCUT2D eigenvalue weighted by atomic mass is 10.2. The van der Waals surface area contributed by atoms with Gasteiger partial charge in [-0.2, -0.15) is 4.98 Å². The summed E-state index contributed by atoms with van der Waals surface area (Å²) >= 11 is 0. The van der Waals surface area contributed by atoms with Crippen LogP contribution in [0, 0.1) is 23.5 Å². The molecular weight excluding hydrogens is 442 g/mol. The van der Waals surface area contributed by atoms with E-state index in [9.17, 15) is 13.6 Å². The van der Waals surface area contributed by atoms with Gasteiger partial charge in [-0.3, -0.25) is 9.69 Å². The highest BCUT2D eigenvalue weighted by Crippen LogP contribution is 2.52. The van der Waals surface area contributed by atoms with E-state index in [1.807, 2.05) is 4.90 Å². The number of hydrogen-bond acceptors (Lipinski definition) is 6. The van der Waals surface area contributed by atoms with E-state index in [2.05, 4.69) is 15.2 Å². The number of likely N-dealkylation sites (tertiary alicyclic amines) is 1. The monoisotopic (exact) mass is 472 g/mol. The molecule has 2 aromatic rings. The number of nitrogens with zero attached hydrogens (tertiary/aromatic N) is 3. The smallest absolute Gasteiger partial charge is 0.298 e. The molecule has 6 rings (SSSR count). The van der Waals surface area contributed by atoms with E-state index < -0.39 is 17.5 Å². The Hall–Kier alpha value is -2.68. The van der Waals surface area contributed by atoms with Gasteiger partial charge in [0.1, 0.15) is 0 Å². The number of amides is 1. The number of carbonyl (C=O) groups excluding carboxylic acids is 1. The van der Waals surface area contributed by atoms with Gasteiger partial charge in [0.25, 0.3) is 11.9 Å². The van der Waals surface area contributed by atoms with Gasteiger partial charge in [0.2, 0.25) is 0 Å². The van der Waals surface area contributed by atoms with Gasteiger partial charge in [0.15, 0.2) is 28.8 Å². The van der Waals surface area contributed by atoms with Crippen LogP contribution in [0.3, 0.4) is 0 Å². The summed E-state index contributed by atoms with van der Waals surface area (Å²) in [6.07, 6.45) is 7.12. The third-order valence-electron chi connectivity index (χ3n) is 7.58. The van der Waals surface area contributed by atoms with E-state index in [0.717, 1.165) is 76.8 Å². The Morgan fingerprint density at radius 3 is 2.35 bits per heavy atom. The fraction of sp³-hybridized carbons (Fsp3) is 0.600. The average Bonchev–Trinajstić information content (AvgIpc) is 3.38. The molecule has 1 aromatic heterocycles. The zero-order valence-electron chi connectivity index (χ0n) is 19.2. The van der Waals surface area contributed by atoms with Crippen molar-refractivity contribution in [2.75, 3.05) is 36.4 Å². The molecule has 2 saturated carbocycles. The summed E-state index contributed by atoms with van der Waals surface area (Å²) in [6.45, 7) is 4.06. The summed E-state index contributed by atoms with van der Waals surface area (Å²) in [5.41, 5.74) is 0.194. The molecule has 182 valence electrons. The number of rotatable bonds is 7. The van der Waals surface area contributed by atoms with Crippen LogP contribution in [0.15, 0.2) is 16.5 Å². The molecular formula is C25H30F2N4O3. The van der Waals surface area contributed by atoms with E-state index in [-0.39, 0.29) is 23.2 Å². The van der Waals surface area contributed by atoms with Gasteiger partial charge < -0.3 is 19.4 Å². The van der Waals surface area contributed by atoms with Gasteiger partial charge >= 0.3 is 0 Å². The molecule has 0 bridgehead atoms. The first-order chi connectivity index (χ1) is 16.5. The molecule has 3 heterocycles. The number of fused-ring (bicyclic) bond motifs is 1. The lowest BCUT2D eigenvalue weighted by Crippen LogP contribution is -2.21. The molecule has 4 aliphatic rings. The van der Waals surface area contributed by atoms with Gasteiger partial charge in [-0.25, -0.2) is 8.78 Å². The molecule has 0 radical (unpaired) electrons. The van der Waals surface area contributed by atoms with Gasteiger partial charge in [0.05, 0.1) is 12.6 Å². The lowest BCUT2D eigenvalue weighted by molar-refractivity contribution is 0.101. The van der Waals surface area contributed by atoms with Crippen molar-refractivity contribution in [2.45, 2.75) is 57.6 Å². The van der Waals surface area contributed by atoms with E-state index in [0.29, 0.717) is 30.2 Å². The van der Waals surface area contributed by atoms with Crippen molar-refractivity contribution >= 4 is 17.6 Å². The van der Waals surface area contributed by atoms with E-state index in [4.69, 9.17) is 9.15 Å². The quantitative estimate of drug-likeness (QED) is 0.636. The predicted octanol–water partition coefficient (Wildman–Crippen LogP) is 4.58. The number of ether oxygens (including phenoxy) is 1. The maximum Gasteiger partial charge on any atom is 0.298 e. The van der Waals surface area contributed by atoms with Crippen LogP contribution in [0.5, 0.6) is 5.75 Å². The minimum absolute atomic E-state index is 0.0273. The van der Waals surface area contributed by atoms with Crippen LogP contribution < -0.4 is 15.0 Å². The van der Waals surface area contributed by atoms with Crippen molar-refractivity contribution in [3.05, 3.63) is 35.2 Å². The number of anilines is 2. The maximum atomic E-state index is 14.7. The molecule has 1 amide bonds. The Labute approximate surface area is 197 Å². The SMILES string of the molecule is O=C(Nc1cc(F)c(OC2CC3CC3C2)c(F)c1)c1nc(N2CCCC2)oc1CN1CCCC1. The normalized spacial score (nSPS) is 26.2. The summed E-state index contributed by atoms with van der Waals surface area (Å²) < 4.78 is 41.1. The molecule has 7 nitrogen and oxygen atoms in total. The number of carbonyl (C=O) groups is 1. The van der Waals surface area contributed by atoms with Crippen LogP contribution in [-0.2, 0) is 6.54 Å². The topological polar surface area (TPSA) is 70.8 Å². The minimum atomic E-state index is -0.814. The van der Waals surface area contributed by atoms with Crippen LogP contribution in [0.4, 0.5) is 20.5 Å². The van der Waals surface area contributed by atoms with Crippen LogP contribution in [0.25, 0.3) is 0 Å². The number of hydrogen-bond donors (Lipinski definition) is 1. The number of aromatic nitrogens is 1. The molecule has 1 aromatic carbocycles. The molecule has 2 unspecified atom stereocenters. The van der Waals surface area contributed by atoms with Crippen molar-refractivity contribution in [1.82, 2.24) is 9.88 Å². The van der Waals surface area contributed by atoms with Crippen LogP contribution >= 0.6 is 0 Å². The van der Waals surface area contributed by atoms with Crippen molar-refractivity contribution < 1.29 is 22.7 Å². The predicted molar refractivity (Wildman–Crippen MR) is 122 cm³/mol. The maximum absolute atomic E-state index is 14.7. The number of oxazole rings is 1. The molecule has 2 saturated heterocycles. The highest BCUT2D eigenvalue weighted by molar-refractivity contribution is 6.03. The van der Waals surface area contributed by atoms with E-state index in [1.165, 1.54) is 6.42 Å². The Morgan fingerprint density at radius 2 is 1.68 bits per heavy atom.